The number of ether oxygens (including phenoxy) is 1. The standard InChI is InChI=1S/C15H21NO4S/c1-4-16(5-2)21(18,19)14-9-10-15(20-3)13(12-14)8-6-7-11-17/h9-10,12,17H,4-5,7,11H2,1-3H3. The first-order valence-corrected chi connectivity index (χ1v) is 8.23. The van der Waals surface area contributed by atoms with Gasteiger partial charge in [0.1, 0.15) is 5.75 Å². The van der Waals surface area contributed by atoms with Crippen LogP contribution in [0, 0.1) is 11.8 Å². The predicted molar refractivity (Wildman–Crippen MR) is 81.7 cm³/mol. The van der Waals surface area contributed by atoms with E-state index in [1.807, 2.05) is 0 Å². The Bertz CT molecular complexity index is 625. The molecule has 0 aromatic heterocycles. The number of hydrogen-bond acceptors (Lipinski definition) is 4. The van der Waals surface area contributed by atoms with Gasteiger partial charge in [0.15, 0.2) is 0 Å². The third kappa shape index (κ3) is 4.21. The fraction of sp³-hybridized carbons (Fsp3) is 0.467. The van der Waals surface area contributed by atoms with Gasteiger partial charge in [-0.2, -0.15) is 4.31 Å². The highest BCUT2D eigenvalue weighted by atomic mass is 32.2. The third-order valence-corrected chi connectivity index (χ3v) is 5.02. The van der Waals surface area contributed by atoms with Crippen LogP contribution in [0.25, 0.3) is 0 Å². The number of aliphatic hydroxyl groups excluding tert-OH is 1. The molecule has 0 amide bonds. The number of aliphatic hydroxyl groups is 1. The Morgan fingerprint density at radius 3 is 2.48 bits per heavy atom. The fourth-order valence-corrected chi connectivity index (χ4v) is 3.36. The Hall–Kier alpha value is -1.55. The molecular formula is C15H21NO4S. The lowest BCUT2D eigenvalue weighted by Gasteiger charge is -2.18. The summed E-state index contributed by atoms with van der Waals surface area (Å²) in [6, 6.07) is 4.62. The predicted octanol–water partition coefficient (Wildman–Crippen LogP) is 1.46. The van der Waals surface area contributed by atoms with E-state index < -0.39 is 10.0 Å². The summed E-state index contributed by atoms with van der Waals surface area (Å²) in [5.41, 5.74) is 0.499. The van der Waals surface area contributed by atoms with Crippen LogP contribution in [0.1, 0.15) is 25.8 Å². The summed E-state index contributed by atoms with van der Waals surface area (Å²) in [5.74, 6) is 6.12. The average molecular weight is 311 g/mol. The molecule has 0 saturated carbocycles. The van der Waals surface area contributed by atoms with E-state index in [0.717, 1.165) is 0 Å². The maximum atomic E-state index is 12.5. The highest BCUT2D eigenvalue weighted by molar-refractivity contribution is 7.89. The molecule has 0 aliphatic heterocycles. The topological polar surface area (TPSA) is 66.8 Å². The molecule has 0 atom stereocenters. The number of methoxy groups -OCH3 is 1. The molecule has 1 N–H and O–H groups in total. The van der Waals surface area contributed by atoms with Crippen LogP contribution in [-0.2, 0) is 10.0 Å². The van der Waals surface area contributed by atoms with Crippen LogP contribution < -0.4 is 4.74 Å². The summed E-state index contributed by atoms with van der Waals surface area (Å²) in [7, 11) is -2.01. The smallest absolute Gasteiger partial charge is 0.243 e. The first-order chi connectivity index (χ1) is 10.0. The van der Waals surface area contributed by atoms with E-state index in [9.17, 15) is 8.42 Å². The van der Waals surface area contributed by atoms with E-state index in [0.29, 0.717) is 30.8 Å². The van der Waals surface area contributed by atoms with E-state index >= 15 is 0 Å². The molecule has 5 nitrogen and oxygen atoms in total. The summed E-state index contributed by atoms with van der Waals surface area (Å²) in [4.78, 5) is 0.195. The molecule has 0 spiro atoms. The molecule has 6 heteroatoms. The van der Waals surface area contributed by atoms with Gasteiger partial charge in [-0.05, 0) is 18.2 Å². The summed E-state index contributed by atoms with van der Waals surface area (Å²) >= 11 is 0. The second-order valence-electron chi connectivity index (χ2n) is 4.23. The normalized spacial score (nSPS) is 11.1. The summed E-state index contributed by atoms with van der Waals surface area (Å²) in [6.07, 6.45) is 0.330. The van der Waals surface area contributed by atoms with Crippen LogP contribution in [0.15, 0.2) is 23.1 Å². The van der Waals surface area contributed by atoms with Crippen molar-refractivity contribution in [1.29, 1.82) is 0 Å². The Morgan fingerprint density at radius 1 is 1.29 bits per heavy atom. The SMILES string of the molecule is CCN(CC)S(=O)(=O)c1ccc(OC)c(C#CCCO)c1. The number of sulfonamides is 1. The van der Waals surface area contributed by atoms with E-state index in [1.165, 1.54) is 23.5 Å². The van der Waals surface area contributed by atoms with Crippen molar-refractivity contribution >= 4 is 10.0 Å². The van der Waals surface area contributed by atoms with E-state index in [-0.39, 0.29) is 11.5 Å². The lowest BCUT2D eigenvalue weighted by Crippen LogP contribution is -2.30. The maximum Gasteiger partial charge on any atom is 0.243 e. The molecule has 0 fully saturated rings. The van der Waals surface area contributed by atoms with Crippen LogP contribution in [0.2, 0.25) is 0 Å². The number of nitrogens with zero attached hydrogens (tertiary/aromatic N) is 1. The van der Waals surface area contributed by atoms with Gasteiger partial charge in [-0.1, -0.05) is 25.7 Å². The molecule has 116 valence electrons. The Morgan fingerprint density at radius 2 is 1.95 bits per heavy atom. The highest BCUT2D eigenvalue weighted by Crippen LogP contribution is 2.23. The zero-order valence-electron chi connectivity index (χ0n) is 12.6. The fourth-order valence-electron chi connectivity index (χ4n) is 1.87. The first kappa shape index (κ1) is 17.5. The number of hydrogen-bond donors (Lipinski definition) is 1. The largest absolute Gasteiger partial charge is 0.495 e. The summed E-state index contributed by atoms with van der Waals surface area (Å²) in [6.45, 7) is 4.39. The molecule has 1 rings (SSSR count). The van der Waals surface area contributed by atoms with Crippen molar-refractivity contribution in [2.45, 2.75) is 25.2 Å². The monoisotopic (exact) mass is 311 g/mol. The molecular weight excluding hydrogens is 290 g/mol. The van der Waals surface area contributed by atoms with Gasteiger partial charge in [0.05, 0.1) is 24.2 Å². The zero-order valence-corrected chi connectivity index (χ0v) is 13.4. The Kier molecular flexibility index (Phi) is 6.69. The van der Waals surface area contributed by atoms with Crippen LogP contribution in [-0.4, -0.2) is 44.6 Å². The van der Waals surface area contributed by atoms with Crippen molar-refractivity contribution in [2.24, 2.45) is 0 Å². The van der Waals surface area contributed by atoms with Gasteiger partial charge in [-0.3, -0.25) is 0 Å². The molecule has 0 heterocycles. The molecule has 1 aromatic carbocycles. The van der Waals surface area contributed by atoms with Gasteiger partial charge in [-0.25, -0.2) is 8.42 Å². The molecule has 0 saturated heterocycles. The van der Waals surface area contributed by atoms with Crippen molar-refractivity contribution in [3.05, 3.63) is 23.8 Å². The molecule has 0 bridgehead atoms. The van der Waals surface area contributed by atoms with Crippen molar-refractivity contribution in [3.63, 3.8) is 0 Å². The van der Waals surface area contributed by atoms with Crippen molar-refractivity contribution < 1.29 is 18.3 Å². The zero-order chi connectivity index (χ0) is 15.9. The summed E-state index contributed by atoms with van der Waals surface area (Å²) < 4.78 is 31.5. The average Bonchev–Trinajstić information content (AvgIpc) is 2.48. The lowest BCUT2D eigenvalue weighted by atomic mass is 10.2. The van der Waals surface area contributed by atoms with Gasteiger partial charge in [0, 0.05) is 19.5 Å². The van der Waals surface area contributed by atoms with E-state index in [2.05, 4.69) is 11.8 Å². The minimum absolute atomic E-state index is 0.0350. The third-order valence-electron chi connectivity index (χ3n) is 2.97. The Balaban J connectivity index is 3.28. The maximum absolute atomic E-state index is 12.5. The van der Waals surface area contributed by atoms with Crippen molar-refractivity contribution in [3.8, 4) is 17.6 Å². The lowest BCUT2D eigenvalue weighted by molar-refractivity contribution is 0.305. The second kappa shape index (κ2) is 8.03. The van der Waals surface area contributed by atoms with Crippen molar-refractivity contribution in [2.75, 3.05) is 26.8 Å². The van der Waals surface area contributed by atoms with Crippen molar-refractivity contribution in [1.82, 2.24) is 4.31 Å². The molecule has 0 radical (unpaired) electrons. The molecule has 1 aromatic rings. The van der Waals surface area contributed by atoms with Crippen LogP contribution in [0.5, 0.6) is 5.75 Å². The quantitative estimate of drug-likeness (QED) is 0.808. The summed E-state index contributed by atoms with van der Waals surface area (Å²) in [5, 5.41) is 8.75. The van der Waals surface area contributed by atoms with Crippen LogP contribution in [0.4, 0.5) is 0 Å². The van der Waals surface area contributed by atoms with Gasteiger partial charge < -0.3 is 9.84 Å². The molecule has 21 heavy (non-hydrogen) atoms. The van der Waals surface area contributed by atoms with E-state index in [1.54, 1.807) is 19.9 Å². The van der Waals surface area contributed by atoms with Crippen LogP contribution >= 0.6 is 0 Å². The van der Waals surface area contributed by atoms with Gasteiger partial charge in [-0.15, -0.1) is 0 Å². The molecule has 0 aliphatic carbocycles. The van der Waals surface area contributed by atoms with Gasteiger partial charge in [0.2, 0.25) is 10.0 Å². The van der Waals surface area contributed by atoms with E-state index in [4.69, 9.17) is 9.84 Å². The minimum atomic E-state index is -3.52. The van der Waals surface area contributed by atoms with Crippen LogP contribution in [0.3, 0.4) is 0 Å². The number of benzene rings is 1. The first-order valence-electron chi connectivity index (χ1n) is 6.79. The second-order valence-corrected chi connectivity index (χ2v) is 6.16. The Labute approximate surface area is 126 Å². The number of rotatable bonds is 6. The molecule has 0 aliphatic rings. The molecule has 0 unspecified atom stereocenters. The van der Waals surface area contributed by atoms with Gasteiger partial charge in [0.25, 0.3) is 0 Å². The minimum Gasteiger partial charge on any atom is -0.495 e. The highest BCUT2D eigenvalue weighted by Gasteiger charge is 2.22. The van der Waals surface area contributed by atoms with Gasteiger partial charge >= 0.3 is 0 Å².